The van der Waals surface area contributed by atoms with E-state index in [1.165, 1.54) is 0 Å². The Labute approximate surface area is 99.0 Å². The molecule has 0 aliphatic carbocycles. The predicted molar refractivity (Wildman–Crippen MR) is 50.2 cm³/mol. The number of rotatable bonds is 1. The van der Waals surface area contributed by atoms with E-state index in [9.17, 15) is 31.4 Å². The minimum atomic E-state index is -5.00. The van der Waals surface area contributed by atoms with Gasteiger partial charge in [0.1, 0.15) is 5.60 Å². The molecule has 1 aromatic rings. The molecule has 7 heteroatoms. The summed E-state index contributed by atoms with van der Waals surface area (Å²) in [6, 6.07) is 1.03. The molecule has 0 amide bonds. The molecule has 0 saturated heterocycles. The second kappa shape index (κ2) is 4.15. The lowest BCUT2D eigenvalue weighted by molar-refractivity contribution is -0.145. The fourth-order valence-corrected chi connectivity index (χ4v) is 1.48. The molecule has 0 bridgehead atoms. The molecule has 0 N–H and O–H groups in total. The SMILES string of the molecule is CC(C)([O])c1ccc(C(F)(F)F)cc1C(F)(F)F. The van der Waals surface area contributed by atoms with Crippen molar-refractivity contribution in [1.82, 2.24) is 0 Å². The fourth-order valence-electron chi connectivity index (χ4n) is 1.48. The van der Waals surface area contributed by atoms with Crippen LogP contribution in [0, 0.1) is 0 Å². The van der Waals surface area contributed by atoms with Gasteiger partial charge in [0.05, 0.1) is 11.1 Å². The van der Waals surface area contributed by atoms with E-state index in [2.05, 4.69) is 0 Å². The average Bonchev–Trinajstić information content (AvgIpc) is 2.12. The van der Waals surface area contributed by atoms with Crippen molar-refractivity contribution in [2.45, 2.75) is 31.8 Å². The molecule has 0 aromatic heterocycles. The second-order valence-corrected chi connectivity index (χ2v) is 4.27. The van der Waals surface area contributed by atoms with Gasteiger partial charge in [0.15, 0.2) is 0 Å². The predicted octanol–water partition coefficient (Wildman–Crippen LogP) is 4.39. The van der Waals surface area contributed by atoms with Gasteiger partial charge in [0.2, 0.25) is 0 Å². The third kappa shape index (κ3) is 3.16. The van der Waals surface area contributed by atoms with E-state index in [-0.39, 0.29) is 6.07 Å². The van der Waals surface area contributed by atoms with Crippen molar-refractivity contribution in [3.05, 3.63) is 34.9 Å². The Balaban J connectivity index is 3.50. The number of alkyl halides is 6. The van der Waals surface area contributed by atoms with Gasteiger partial charge in [-0.15, -0.1) is 0 Å². The summed E-state index contributed by atoms with van der Waals surface area (Å²) in [7, 11) is 0. The first kappa shape index (κ1) is 14.8. The number of halogens is 6. The van der Waals surface area contributed by atoms with Crippen LogP contribution in [-0.4, -0.2) is 0 Å². The molecule has 0 heterocycles. The first-order chi connectivity index (χ1) is 7.83. The Kier molecular flexibility index (Phi) is 3.42. The highest BCUT2D eigenvalue weighted by atomic mass is 19.4. The quantitative estimate of drug-likeness (QED) is 0.675. The van der Waals surface area contributed by atoms with Crippen LogP contribution in [0.4, 0.5) is 26.3 Å². The zero-order valence-corrected chi connectivity index (χ0v) is 9.41. The summed E-state index contributed by atoms with van der Waals surface area (Å²) in [5.41, 5.74) is -5.81. The molecular formula is C11H9F6O. The van der Waals surface area contributed by atoms with Gasteiger partial charge in [-0.1, -0.05) is 6.07 Å². The van der Waals surface area contributed by atoms with Crippen molar-refractivity contribution in [3.8, 4) is 0 Å². The summed E-state index contributed by atoms with van der Waals surface area (Å²) >= 11 is 0. The number of benzene rings is 1. The molecule has 0 aliphatic rings. The maximum Gasteiger partial charge on any atom is 0.416 e. The van der Waals surface area contributed by atoms with Gasteiger partial charge in [-0.25, -0.2) is 5.11 Å². The highest BCUT2D eigenvalue weighted by Gasteiger charge is 2.41. The third-order valence-electron chi connectivity index (χ3n) is 2.30. The summed E-state index contributed by atoms with van der Waals surface area (Å²) < 4.78 is 74.9. The van der Waals surface area contributed by atoms with E-state index in [0.29, 0.717) is 12.1 Å². The molecule has 101 valence electrons. The first-order valence-corrected chi connectivity index (χ1v) is 4.83. The van der Waals surface area contributed by atoms with Crippen LogP contribution >= 0.6 is 0 Å². The lowest BCUT2D eigenvalue weighted by Gasteiger charge is -2.22. The normalized spacial score (nSPS) is 13.8. The Morgan fingerprint density at radius 2 is 1.33 bits per heavy atom. The van der Waals surface area contributed by atoms with Gasteiger partial charge in [0.25, 0.3) is 0 Å². The largest absolute Gasteiger partial charge is 0.416 e. The van der Waals surface area contributed by atoms with Crippen LogP contribution < -0.4 is 0 Å². The molecule has 0 unspecified atom stereocenters. The van der Waals surface area contributed by atoms with E-state index in [1.54, 1.807) is 0 Å². The molecule has 1 nitrogen and oxygen atoms in total. The van der Waals surface area contributed by atoms with E-state index in [1.807, 2.05) is 0 Å². The van der Waals surface area contributed by atoms with Crippen LogP contribution in [0.25, 0.3) is 0 Å². The molecule has 0 saturated carbocycles. The van der Waals surface area contributed by atoms with Gasteiger partial charge in [-0.05, 0) is 31.5 Å². The van der Waals surface area contributed by atoms with Crippen LogP contribution in [0.5, 0.6) is 0 Å². The van der Waals surface area contributed by atoms with Crippen molar-refractivity contribution < 1.29 is 31.4 Å². The standard InChI is InChI=1S/C11H9F6O/c1-9(2,18)7-4-3-6(10(12,13)14)5-8(7)11(15,16)17/h3-5H,1-2H3. The molecule has 0 fully saturated rings. The van der Waals surface area contributed by atoms with Crippen molar-refractivity contribution >= 4 is 0 Å². The van der Waals surface area contributed by atoms with Crippen molar-refractivity contribution in [1.29, 1.82) is 0 Å². The monoisotopic (exact) mass is 271 g/mol. The van der Waals surface area contributed by atoms with Gasteiger partial charge in [-0.3, -0.25) is 0 Å². The summed E-state index contributed by atoms with van der Waals surface area (Å²) in [6.07, 6.45) is -9.89. The summed E-state index contributed by atoms with van der Waals surface area (Å²) in [6.45, 7) is 1.93. The minimum Gasteiger partial charge on any atom is -0.225 e. The zero-order valence-electron chi connectivity index (χ0n) is 9.41. The molecule has 0 atom stereocenters. The lowest BCUT2D eigenvalue weighted by atomic mass is 9.91. The van der Waals surface area contributed by atoms with Gasteiger partial charge in [-0.2, -0.15) is 26.3 Å². The molecular weight excluding hydrogens is 262 g/mol. The van der Waals surface area contributed by atoms with Crippen molar-refractivity contribution in [2.75, 3.05) is 0 Å². The van der Waals surface area contributed by atoms with Gasteiger partial charge in [0, 0.05) is 0 Å². The molecule has 0 spiro atoms. The summed E-state index contributed by atoms with van der Waals surface area (Å²) in [5, 5.41) is 11.6. The van der Waals surface area contributed by atoms with Crippen molar-refractivity contribution in [3.63, 3.8) is 0 Å². The Morgan fingerprint density at radius 1 is 0.833 bits per heavy atom. The van der Waals surface area contributed by atoms with Gasteiger partial charge < -0.3 is 0 Å². The van der Waals surface area contributed by atoms with Crippen molar-refractivity contribution in [2.24, 2.45) is 0 Å². The lowest BCUT2D eigenvalue weighted by Crippen LogP contribution is -2.22. The van der Waals surface area contributed by atoms with Crippen LogP contribution in [0.1, 0.15) is 30.5 Å². The maximum atomic E-state index is 12.6. The molecule has 1 aromatic carbocycles. The van der Waals surface area contributed by atoms with Crippen LogP contribution in [0.2, 0.25) is 0 Å². The van der Waals surface area contributed by atoms with E-state index in [4.69, 9.17) is 0 Å². The van der Waals surface area contributed by atoms with E-state index >= 15 is 0 Å². The highest BCUT2D eigenvalue weighted by molar-refractivity contribution is 5.38. The molecule has 1 rings (SSSR count). The third-order valence-corrected chi connectivity index (χ3v) is 2.30. The van der Waals surface area contributed by atoms with E-state index in [0.717, 1.165) is 13.8 Å². The fraction of sp³-hybridized carbons (Fsp3) is 0.455. The second-order valence-electron chi connectivity index (χ2n) is 4.27. The smallest absolute Gasteiger partial charge is 0.225 e. The summed E-state index contributed by atoms with van der Waals surface area (Å²) in [4.78, 5) is 0. The highest BCUT2D eigenvalue weighted by Crippen LogP contribution is 2.40. The minimum absolute atomic E-state index is 0.0328. The van der Waals surface area contributed by atoms with E-state index < -0.39 is 34.6 Å². The Morgan fingerprint density at radius 3 is 1.67 bits per heavy atom. The topological polar surface area (TPSA) is 19.9 Å². The molecule has 1 radical (unpaired) electrons. The number of hydrogen-bond acceptors (Lipinski definition) is 0. The van der Waals surface area contributed by atoms with Gasteiger partial charge >= 0.3 is 12.4 Å². The van der Waals surface area contributed by atoms with Crippen LogP contribution in [0.3, 0.4) is 0 Å². The first-order valence-electron chi connectivity index (χ1n) is 4.83. The van der Waals surface area contributed by atoms with Crippen LogP contribution in [-0.2, 0) is 23.1 Å². The molecule has 0 aliphatic heterocycles. The van der Waals surface area contributed by atoms with Crippen LogP contribution in [0.15, 0.2) is 18.2 Å². The Bertz CT molecular complexity index is 438. The maximum absolute atomic E-state index is 12.6. The summed E-state index contributed by atoms with van der Waals surface area (Å²) in [5.74, 6) is 0. The average molecular weight is 271 g/mol. The molecule has 18 heavy (non-hydrogen) atoms. The Hall–Kier alpha value is -1.24. The number of hydrogen-bond donors (Lipinski definition) is 0. The zero-order chi connectivity index (χ0) is 14.4.